The molecule has 0 bridgehead atoms. The number of tetrazole rings is 1. The number of carbonyl (C=O) groups is 1. The fourth-order valence-electron chi connectivity index (χ4n) is 1.59. The molecule has 106 valence electrons. The summed E-state index contributed by atoms with van der Waals surface area (Å²) in [5.41, 5.74) is 7.03. The Labute approximate surface area is 120 Å². The summed E-state index contributed by atoms with van der Waals surface area (Å²) in [6.45, 7) is 3.67. The molecule has 0 aliphatic carbocycles. The first-order valence-electron chi connectivity index (χ1n) is 5.92. The van der Waals surface area contributed by atoms with E-state index >= 15 is 0 Å². The average molecular weight is 293 g/mol. The Morgan fingerprint density at radius 3 is 2.90 bits per heavy atom. The first kappa shape index (κ1) is 14.3. The van der Waals surface area contributed by atoms with Crippen LogP contribution in [0.5, 0.6) is 5.75 Å². The van der Waals surface area contributed by atoms with E-state index in [0.29, 0.717) is 10.9 Å². The number of hydrogen-bond acceptors (Lipinski definition) is 6. The number of methoxy groups -OCH3 is 1. The van der Waals surface area contributed by atoms with Gasteiger partial charge in [-0.25, -0.2) is 0 Å². The summed E-state index contributed by atoms with van der Waals surface area (Å²) >= 11 is 1.20. The molecule has 0 spiro atoms. The molecule has 20 heavy (non-hydrogen) atoms. The van der Waals surface area contributed by atoms with Crippen molar-refractivity contribution in [3.8, 4) is 11.4 Å². The molecule has 2 aromatic rings. The number of aryl methyl sites for hydroxylation is 1. The third-order valence-corrected chi connectivity index (χ3v) is 3.74. The lowest BCUT2D eigenvalue weighted by Crippen LogP contribution is -2.23. The molecular weight excluding hydrogens is 278 g/mol. The molecule has 1 aromatic carbocycles. The number of aromatic nitrogens is 4. The Kier molecular flexibility index (Phi) is 4.23. The number of rotatable bonds is 5. The lowest BCUT2D eigenvalue weighted by atomic mass is 10.2. The van der Waals surface area contributed by atoms with Gasteiger partial charge in [0.2, 0.25) is 11.1 Å². The van der Waals surface area contributed by atoms with Crippen LogP contribution in [0.15, 0.2) is 23.4 Å². The molecule has 0 fully saturated rings. The number of primary amides is 1. The van der Waals surface area contributed by atoms with Crippen LogP contribution >= 0.6 is 11.8 Å². The van der Waals surface area contributed by atoms with E-state index in [9.17, 15) is 4.79 Å². The highest BCUT2D eigenvalue weighted by Crippen LogP contribution is 2.28. The van der Waals surface area contributed by atoms with E-state index in [0.717, 1.165) is 11.3 Å². The van der Waals surface area contributed by atoms with Gasteiger partial charge >= 0.3 is 0 Å². The number of carbonyl (C=O) groups excluding carboxylic acids is 1. The van der Waals surface area contributed by atoms with Crippen LogP contribution in [0.4, 0.5) is 0 Å². The highest BCUT2D eigenvalue weighted by Gasteiger charge is 2.18. The van der Waals surface area contributed by atoms with E-state index in [-0.39, 0.29) is 0 Å². The second kappa shape index (κ2) is 5.91. The van der Waals surface area contributed by atoms with Gasteiger partial charge in [-0.2, -0.15) is 4.68 Å². The van der Waals surface area contributed by atoms with Gasteiger partial charge < -0.3 is 10.5 Å². The first-order valence-corrected chi connectivity index (χ1v) is 6.80. The number of hydrogen-bond donors (Lipinski definition) is 1. The SMILES string of the molecule is COc1ccc(C)cc1-n1nnnc1SC(C)C(N)=O. The van der Waals surface area contributed by atoms with Crippen LogP contribution in [0.2, 0.25) is 0 Å². The fraction of sp³-hybridized carbons (Fsp3) is 0.333. The van der Waals surface area contributed by atoms with Crippen molar-refractivity contribution in [2.45, 2.75) is 24.3 Å². The van der Waals surface area contributed by atoms with Crippen LogP contribution in [-0.4, -0.2) is 38.5 Å². The van der Waals surface area contributed by atoms with Crippen LogP contribution in [0.25, 0.3) is 5.69 Å². The van der Waals surface area contributed by atoms with Crippen molar-refractivity contribution in [2.75, 3.05) is 7.11 Å². The molecule has 1 unspecified atom stereocenters. The van der Waals surface area contributed by atoms with Crippen LogP contribution in [0.1, 0.15) is 12.5 Å². The molecule has 0 saturated carbocycles. The maximum absolute atomic E-state index is 11.1. The van der Waals surface area contributed by atoms with Crippen LogP contribution < -0.4 is 10.5 Å². The van der Waals surface area contributed by atoms with Gasteiger partial charge in [0.1, 0.15) is 11.4 Å². The highest BCUT2D eigenvalue weighted by atomic mass is 32.2. The topological polar surface area (TPSA) is 95.9 Å². The molecular formula is C12H15N5O2S. The number of nitrogens with zero attached hydrogens (tertiary/aromatic N) is 4. The fourth-order valence-corrected chi connectivity index (χ4v) is 2.34. The summed E-state index contributed by atoms with van der Waals surface area (Å²) in [5.74, 6) is 0.234. The summed E-state index contributed by atoms with van der Waals surface area (Å²) < 4.78 is 6.85. The zero-order chi connectivity index (χ0) is 14.7. The monoisotopic (exact) mass is 293 g/mol. The Balaban J connectivity index is 2.41. The van der Waals surface area contributed by atoms with E-state index in [1.54, 1.807) is 14.0 Å². The quantitative estimate of drug-likeness (QED) is 0.824. The van der Waals surface area contributed by atoms with Gasteiger partial charge in [-0.3, -0.25) is 4.79 Å². The molecule has 8 heteroatoms. The van der Waals surface area contributed by atoms with Gasteiger partial charge in [0.05, 0.1) is 12.4 Å². The molecule has 0 aliphatic heterocycles. The number of thioether (sulfide) groups is 1. The predicted molar refractivity (Wildman–Crippen MR) is 75.0 cm³/mol. The highest BCUT2D eigenvalue weighted by molar-refractivity contribution is 8.00. The number of amides is 1. The van der Waals surface area contributed by atoms with Gasteiger partial charge in [0.15, 0.2) is 0 Å². The van der Waals surface area contributed by atoms with E-state index in [1.807, 2.05) is 25.1 Å². The number of benzene rings is 1. The maximum atomic E-state index is 11.1. The minimum atomic E-state index is -0.421. The summed E-state index contributed by atoms with van der Waals surface area (Å²) in [6, 6.07) is 5.69. The minimum absolute atomic E-state index is 0.416. The molecule has 0 radical (unpaired) electrons. The molecule has 1 aromatic heterocycles. The van der Waals surface area contributed by atoms with Gasteiger partial charge in [-0.05, 0) is 42.0 Å². The van der Waals surface area contributed by atoms with Crippen molar-refractivity contribution in [3.05, 3.63) is 23.8 Å². The average Bonchev–Trinajstić information content (AvgIpc) is 2.86. The van der Waals surface area contributed by atoms with E-state index in [2.05, 4.69) is 15.5 Å². The van der Waals surface area contributed by atoms with E-state index in [1.165, 1.54) is 16.4 Å². The smallest absolute Gasteiger partial charge is 0.230 e. The number of ether oxygens (including phenoxy) is 1. The second-order valence-corrected chi connectivity index (χ2v) is 5.52. The van der Waals surface area contributed by atoms with E-state index < -0.39 is 11.2 Å². The minimum Gasteiger partial charge on any atom is -0.494 e. The third kappa shape index (κ3) is 2.90. The lowest BCUT2D eigenvalue weighted by Gasteiger charge is -2.11. The Bertz CT molecular complexity index is 628. The van der Waals surface area contributed by atoms with Crippen molar-refractivity contribution < 1.29 is 9.53 Å². The van der Waals surface area contributed by atoms with Crippen molar-refractivity contribution >= 4 is 17.7 Å². The molecule has 7 nitrogen and oxygen atoms in total. The van der Waals surface area contributed by atoms with E-state index in [4.69, 9.17) is 10.5 Å². The van der Waals surface area contributed by atoms with Crippen LogP contribution in [0.3, 0.4) is 0 Å². The summed E-state index contributed by atoms with van der Waals surface area (Å²) in [5, 5.41) is 11.6. The third-order valence-electron chi connectivity index (χ3n) is 2.69. The largest absolute Gasteiger partial charge is 0.494 e. The van der Waals surface area contributed by atoms with Crippen molar-refractivity contribution in [2.24, 2.45) is 5.73 Å². The lowest BCUT2D eigenvalue weighted by molar-refractivity contribution is -0.117. The molecule has 1 atom stereocenters. The van der Waals surface area contributed by atoms with Gasteiger partial charge in [0.25, 0.3) is 0 Å². The molecule has 2 rings (SSSR count). The molecule has 0 saturated heterocycles. The molecule has 0 aliphatic rings. The Hall–Kier alpha value is -2.09. The van der Waals surface area contributed by atoms with Crippen molar-refractivity contribution in [3.63, 3.8) is 0 Å². The van der Waals surface area contributed by atoms with Crippen molar-refractivity contribution in [1.29, 1.82) is 0 Å². The molecule has 1 amide bonds. The maximum Gasteiger partial charge on any atom is 0.230 e. The Morgan fingerprint density at radius 1 is 1.50 bits per heavy atom. The zero-order valence-corrected chi connectivity index (χ0v) is 12.2. The number of nitrogens with two attached hydrogens (primary N) is 1. The van der Waals surface area contributed by atoms with Gasteiger partial charge in [-0.1, -0.05) is 17.8 Å². The summed E-state index contributed by atoms with van der Waals surface area (Å²) in [4.78, 5) is 11.1. The van der Waals surface area contributed by atoms with Crippen molar-refractivity contribution in [1.82, 2.24) is 20.2 Å². The molecule has 1 heterocycles. The predicted octanol–water partition coefficient (Wildman–Crippen LogP) is 0.945. The van der Waals surface area contributed by atoms with Gasteiger partial charge in [-0.15, -0.1) is 5.10 Å². The Morgan fingerprint density at radius 2 is 2.25 bits per heavy atom. The standard InChI is InChI=1S/C12H15N5O2S/c1-7-4-5-10(19-3)9(6-7)17-12(14-15-16-17)20-8(2)11(13)18/h4-6,8H,1-3H3,(H2,13,18). The van der Waals surface area contributed by atoms with Crippen LogP contribution in [0, 0.1) is 6.92 Å². The second-order valence-electron chi connectivity index (χ2n) is 4.21. The first-order chi connectivity index (χ1) is 9.52. The summed E-state index contributed by atoms with van der Waals surface area (Å²) in [7, 11) is 1.58. The van der Waals surface area contributed by atoms with Crippen LogP contribution in [-0.2, 0) is 4.79 Å². The zero-order valence-electron chi connectivity index (χ0n) is 11.4. The molecule has 2 N–H and O–H groups in total. The summed E-state index contributed by atoms with van der Waals surface area (Å²) in [6.07, 6.45) is 0. The van der Waals surface area contributed by atoms with Gasteiger partial charge in [0, 0.05) is 0 Å². The normalized spacial score (nSPS) is 12.2.